The van der Waals surface area contributed by atoms with Gasteiger partial charge in [0.05, 0.1) is 6.04 Å². The van der Waals surface area contributed by atoms with Crippen molar-refractivity contribution in [3.63, 3.8) is 0 Å². The number of guanidine groups is 1. The van der Waals surface area contributed by atoms with Crippen molar-refractivity contribution in [2.24, 2.45) is 16.6 Å². The Morgan fingerprint density at radius 2 is 1.94 bits per heavy atom. The Hall–Kier alpha value is -0.730. The molecule has 0 bridgehead atoms. The number of aliphatic imine (C=N–C) groups is 1. The number of rotatable bonds is 5. The Kier molecular flexibility index (Phi) is 4.69. The summed E-state index contributed by atoms with van der Waals surface area (Å²) >= 11 is 0. The maximum atomic E-state index is 6.02. The molecule has 3 N–H and O–H groups in total. The molecule has 0 saturated heterocycles. The number of hydrogen-bond acceptors (Lipinski definition) is 1. The van der Waals surface area contributed by atoms with Crippen LogP contribution in [-0.4, -0.2) is 18.0 Å². The molecule has 2 aliphatic rings. The van der Waals surface area contributed by atoms with Gasteiger partial charge >= 0.3 is 0 Å². The second-order valence-electron chi connectivity index (χ2n) is 5.73. The summed E-state index contributed by atoms with van der Waals surface area (Å²) < 4.78 is 0. The molecule has 2 aliphatic carbocycles. The molecule has 3 nitrogen and oxygen atoms in total. The summed E-state index contributed by atoms with van der Waals surface area (Å²) in [5.74, 6) is 1.64. The van der Waals surface area contributed by atoms with Crippen molar-refractivity contribution in [1.82, 2.24) is 5.32 Å². The van der Waals surface area contributed by atoms with Crippen molar-refractivity contribution in [2.45, 2.75) is 76.8 Å². The van der Waals surface area contributed by atoms with E-state index in [2.05, 4.69) is 17.2 Å². The van der Waals surface area contributed by atoms with Gasteiger partial charge in [0.25, 0.3) is 0 Å². The minimum Gasteiger partial charge on any atom is -0.370 e. The van der Waals surface area contributed by atoms with Gasteiger partial charge in [-0.1, -0.05) is 39.0 Å². The zero-order valence-electron chi connectivity index (χ0n) is 11.1. The van der Waals surface area contributed by atoms with Crippen LogP contribution in [0.3, 0.4) is 0 Å². The van der Waals surface area contributed by atoms with Crippen LogP contribution in [0, 0.1) is 5.92 Å². The van der Waals surface area contributed by atoms with Crippen LogP contribution in [0.4, 0.5) is 0 Å². The molecule has 3 heteroatoms. The maximum Gasteiger partial charge on any atom is 0.189 e. The largest absolute Gasteiger partial charge is 0.370 e. The van der Waals surface area contributed by atoms with Crippen LogP contribution in [0.5, 0.6) is 0 Å². The van der Waals surface area contributed by atoms with E-state index < -0.39 is 0 Å². The number of nitrogens with two attached hydrogens (primary N) is 1. The molecule has 0 aromatic rings. The lowest BCUT2D eigenvalue weighted by atomic mass is 9.96. The molecule has 0 spiro atoms. The van der Waals surface area contributed by atoms with Gasteiger partial charge in [0.15, 0.2) is 5.96 Å². The predicted octanol–water partition coefficient (Wildman–Crippen LogP) is 2.80. The van der Waals surface area contributed by atoms with E-state index in [-0.39, 0.29) is 0 Å². The number of nitrogens with zero attached hydrogens (tertiary/aromatic N) is 1. The molecule has 0 aromatic heterocycles. The highest BCUT2D eigenvalue weighted by atomic mass is 15.1. The van der Waals surface area contributed by atoms with Crippen LogP contribution < -0.4 is 11.1 Å². The molecule has 17 heavy (non-hydrogen) atoms. The molecule has 0 amide bonds. The summed E-state index contributed by atoms with van der Waals surface area (Å²) in [5.41, 5.74) is 6.02. The summed E-state index contributed by atoms with van der Waals surface area (Å²) in [6.07, 6.45) is 11.7. The van der Waals surface area contributed by atoms with Gasteiger partial charge in [0.1, 0.15) is 0 Å². The lowest BCUT2D eigenvalue weighted by Gasteiger charge is -2.21. The molecule has 98 valence electrons. The molecule has 2 rings (SSSR count). The van der Waals surface area contributed by atoms with E-state index in [1.54, 1.807) is 0 Å². The molecular weight excluding hydrogens is 210 g/mol. The standard InChI is InChI=1S/C14H27N3/c1-2-12(10-11-8-9-11)16-14(15)17-13-6-4-3-5-7-13/h11-13H,2-10H2,1H3,(H3,15,16,17). The second-order valence-corrected chi connectivity index (χ2v) is 5.73. The average Bonchev–Trinajstić information content (AvgIpc) is 3.13. The highest BCUT2D eigenvalue weighted by molar-refractivity contribution is 5.78. The second kappa shape index (κ2) is 6.27. The van der Waals surface area contributed by atoms with Gasteiger partial charge < -0.3 is 11.1 Å². The summed E-state index contributed by atoms with van der Waals surface area (Å²) in [4.78, 5) is 4.63. The Labute approximate surface area is 105 Å². The number of nitrogens with one attached hydrogen (secondary N) is 1. The van der Waals surface area contributed by atoms with Crippen molar-refractivity contribution >= 4 is 5.96 Å². The Bertz CT molecular complexity index is 252. The van der Waals surface area contributed by atoms with E-state index in [4.69, 9.17) is 5.73 Å². The van der Waals surface area contributed by atoms with E-state index in [0.29, 0.717) is 18.0 Å². The first kappa shape index (κ1) is 12.7. The predicted molar refractivity (Wildman–Crippen MR) is 73.1 cm³/mol. The van der Waals surface area contributed by atoms with Crippen LogP contribution in [0.2, 0.25) is 0 Å². The monoisotopic (exact) mass is 237 g/mol. The molecule has 0 heterocycles. The van der Waals surface area contributed by atoms with E-state index in [1.807, 2.05) is 0 Å². The minimum absolute atomic E-state index is 0.481. The minimum atomic E-state index is 0.481. The van der Waals surface area contributed by atoms with Crippen LogP contribution >= 0.6 is 0 Å². The molecule has 0 aromatic carbocycles. The van der Waals surface area contributed by atoms with Gasteiger partial charge in [-0.2, -0.15) is 0 Å². The average molecular weight is 237 g/mol. The Balaban J connectivity index is 1.76. The molecule has 2 saturated carbocycles. The third kappa shape index (κ3) is 4.57. The fraction of sp³-hybridized carbons (Fsp3) is 0.929. The zero-order chi connectivity index (χ0) is 12.1. The van der Waals surface area contributed by atoms with E-state index in [1.165, 1.54) is 51.4 Å². The summed E-state index contributed by atoms with van der Waals surface area (Å²) in [6.45, 7) is 2.23. The molecule has 1 unspecified atom stereocenters. The van der Waals surface area contributed by atoms with Crippen molar-refractivity contribution in [3.05, 3.63) is 0 Å². The molecule has 0 radical (unpaired) electrons. The summed E-state index contributed by atoms with van der Waals surface area (Å²) in [7, 11) is 0. The first-order valence-corrected chi connectivity index (χ1v) is 7.37. The lowest BCUT2D eigenvalue weighted by Crippen LogP contribution is -2.41. The third-order valence-electron chi connectivity index (χ3n) is 4.06. The van der Waals surface area contributed by atoms with Gasteiger partial charge in [-0.15, -0.1) is 0 Å². The van der Waals surface area contributed by atoms with Crippen LogP contribution in [0.1, 0.15) is 64.7 Å². The fourth-order valence-corrected chi connectivity index (χ4v) is 2.74. The number of hydrogen-bond donors (Lipinski definition) is 2. The summed E-state index contributed by atoms with van der Waals surface area (Å²) in [5, 5.41) is 3.41. The van der Waals surface area contributed by atoms with Crippen molar-refractivity contribution in [1.29, 1.82) is 0 Å². The first-order valence-electron chi connectivity index (χ1n) is 7.37. The third-order valence-corrected chi connectivity index (χ3v) is 4.06. The smallest absolute Gasteiger partial charge is 0.189 e. The quantitative estimate of drug-likeness (QED) is 0.570. The van der Waals surface area contributed by atoms with Gasteiger partial charge in [-0.25, -0.2) is 0 Å². The Morgan fingerprint density at radius 1 is 1.24 bits per heavy atom. The molecule has 1 atom stereocenters. The summed E-state index contributed by atoms with van der Waals surface area (Å²) in [6, 6.07) is 1.02. The zero-order valence-corrected chi connectivity index (χ0v) is 11.1. The Morgan fingerprint density at radius 3 is 2.53 bits per heavy atom. The van der Waals surface area contributed by atoms with Crippen LogP contribution in [-0.2, 0) is 0 Å². The first-order chi connectivity index (χ1) is 8.28. The van der Waals surface area contributed by atoms with E-state index in [9.17, 15) is 0 Å². The molecular formula is C14H27N3. The van der Waals surface area contributed by atoms with Crippen LogP contribution in [0.25, 0.3) is 0 Å². The molecule has 0 aliphatic heterocycles. The van der Waals surface area contributed by atoms with Crippen LogP contribution in [0.15, 0.2) is 4.99 Å². The highest BCUT2D eigenvalue weighted by Crippen LogP contribution is 2.34. The van der Waals surface area contributed by atoms with Crippen molar-refractivity contribution in [3.8, 4) is 0 Å². The molecule has 2 fully saturated rings. The van der Waals surface area contributed by atoms with Gasteiger partial charge in [0.2, 0.25) is 0 Å². The normalized spacial score (nSPS) is 24.6. The van der Waals surface area contributed by atoms with Gasteiger partial charge in [0, 0.05) is 6.04 Å². The highest BCUT2D eigenvalue weighted by Gasteiger charge is 2.25. The van der Waals surface area contributed by atoms with Gasteiger partial charge in [-0.3, -0.25) is 4.99 Å². The van der Waals surface area contributed by atoms with Gasteiger partial charge in [-0.05, 0) is 31.6 Å². The van der Waals surface area contributed by atoms with E-state index in [0.717, 1.165) is 12.3 Å². The lowest BCUT2D eigenvalue weighted by molar-refractivity contribution is 0.439. The fourth-order valence-electron chi connectivity index (χ4n) is 2.74. The van der Waals surface area contributed by atoms with Crippen molar-refractivity contribution < 1.29 is 0 Å². The van der Waals surface area contributed by atoms with E-state index >= 15 is 0 Å². The topological polar surface area (TPSA) is 50.4 Å². The maximum absolute atomic E-state index is 6.02. The van der Waals surface area contributed by atoms with Crippen molar-refractivity contribution in [2.75, 3.05) is 0 Å². The SMILES string of the molecule is CCC(CC1CC1)NC(N)=NC1CCCCC1.